The molecule has 9 unspecified atom stereocenters. The van der Waals surface area contributed by atoms with Crippen molar-refractivity contribution in [2.45, 2.75) is 38.5 Å². The molecule has 0 amide bonds. The van der Waals surface area contributed by atoms with Crippen molar-refractivity contribution >= 4 is 11.9 Å². The van der Waals surface area contributed by atoms with Gasteiger partial charge in [0.2, 0.25) is 0 Å². The van der Waals surface area contributed by atoms with Crippen LogP contribution in [-0.4, -0.2) is 45.6 Å². The van der Waals surface area contributed by atoms with Crippen LogP contribution in [0, 0.1) is 51.8 Å². The van der Waals surface area contributed by atoms with E-state index in [1.54, 1.807) is 0 Å². The van der Waals surface area contributed by atoms with Gasteiger partial charge in [-0.1, -0.05) is 18.6 Å². The van der Waals surface area contributed by atoms with Crippen LogP contribution in [0.5, 0.6) is 0 Å². The van der Waals surface area contributed by atoms with Crippen LogP contribution in [0.25, 0.3) is 0 Å². The molecule has 4 bridgehead atoms. The molecule has 0 heterocycles. The van der Waals surface area contributed by atoms with Crippen molar-refractivity contribution in [1.29, 1.82) is 0 Å². The SMILES string of the molecule is O=C(O)C=CC12CC(C3CCCC31)C1C3CC(CO)C(CO)(C3)C12C=CC(=O)O. The van der Waals surface area contributed by atoms with Gasteiger partial charge >= 0.3 is 11.9 Å². The Morgan fingerprint density at radius 2 is 1.69 bits per heavy atom. The lowest BCUT2D eigenvalue weighted by Crippen LogP contribution is -2.60. The number of hydrogen-bond acceptors (Lipinski definition) is 4. The first kappa shape index (κ1) is 19.3. The van der Waals surface area contributed by atoms with E-state index in [0.29, 0.717) is 23.7 Å². The van der Waals surface area contributed by atoms with E-state index >= 15 is 0 Å². The summed E-state index contributed by atoms with van der Waals surface area (Å²) in [6.07, 6.45) is 12.0. The summed E-state index contributed by atoms with van der Waals surface area (Å²) in [5, 5.41) is 39.9. The number of aliphatic carboxylic acids is 2. The largest absolute Gasteiger partial charge is 0.478 e. The van der Waals surface area contributed by atoms with E-state index in [2.05, 4.69) is 0 Å². The predicted octanol–water partition coefficient (Wildman–Crippen LogP) is 2.32. The van der Waals surface area contributed by atoms with Crippen molar-refractivity contribution < 1.29 is 30.0 Å². The lowest BCUT2D eigenvalue weighted by molar-refractivity contribution is -0.138. The van der Waals surface area contributed by atoms with Crippen molar-refractivity contribution in [3.05, 3.63) is 24.3 Å². The third-order valence-electron chi connectivity index (χ3n) is 9.95. The molecule has 5 saturated carbocycles. The van der Waals surface area contributed by atoms with E-state index in [1.807, 2.05) is 12.2 Å². The molecule has 0 saturated heterocycles. The highest BCUT2D eigenvalue weighted by Gasteiger charge is 2.84. The Balaban J connectivity index is 1.78. The number of allylic oxidation sites excluding steroid dienone is 2. The maximum absolute atomic E-state index is 11.6. The molecule has 6 heteroatoms. The van der Waals surface area contributed by atoms with Crippen LogP contribution in [0.1, 0.15) is 38.5 Å². The maximum atomic E-state index is 11.6. The summed E-state index contributed by atoms with van der Waals surface area (Å²) in [7, 11) is 0. The van der Waals surface area contributed by atoms with Crippen molar-refractivity contribution in [2.75, 3.05) is 13.2 Å². The van der Waals surface area contributed by atoms with Gasteiger partial charge in [0.25, 0.3) is 0 Å². The topological polar surface area (TPSA) is 115 Å². The maximum Gasteiger partial charge on any atom is 0.327 e. The van der Waals surface area contributed by atoms with Crippen LogP contribution in [0.15, 0.2) is 24.3 Å². The van der Waals surface area contributed by atoms with Gasteiger partial charge in [0.1, 0.15) is 0 Å². The van der Waals surface area contributed by atoms with Crippen molar-refractivity contribution in [2.24, 2.45) is 51.8 Å². The van der Waals surface area contributed by atoms with Gasteiger partial charge in [-0.15, -0.1) is 0 Å². The number of aliphatic hydroxyl groups is 2. The summed E-state index contributed by atoms with van der Waals surface area (Å²) >= 11 is 0. The van der Waals surface area contributed by atoms with Crippen molar-refractivity contribution in [3.8, 4) is 0 Å². The lowest BCUT2D eigenvalue weighted by Gasteiger charge is -2.61. The number of fused-ring (bicyclic) bond motifs is 12. The van der Waals surface area contributed by atoms with E-state index in [9.17, 15) is 30.0 Å². The van der Waals surface area contributed by atoms with Gasteiger partial charge in [-0.2, -0.15) is 0 Å². The van der Waals surface area contributed by atoms with Crippen LogP contribution in [0.3, 0.4) is 0 Å². The van der Waals surface area contributed by atoms with Gasteiger partial charge in [-0.05, 0) is 67.6 Å². The predicted molar refractivity (Wildman–Crippen MR) is 104 cm³/mol. The highest BCUT2D eigenvalue weighted by Crippen LogP contribution is 2.88. The molecule has 9 atom stereocenters. The molecule has 0 radical (unpaired) electrons. The van der Waals surface area contributed by atoms with E-state index in [1.165, 1.54) is 12.2 Å². The Kier molecular flexibility index (Phi) is 4.11. The van der Waals surface area contributed by atoms with Gasteiger partial charge < -0.3 is 20.4 Å². The highest BCUT2D eigenvalue weighted by molar-refractivity contribution is 5.81. The average Bonchev–Trinajstić information content (AvgIpc) is 3.45. The second-order valence-electron chi connectivity index (χ2n) is 10.2. The quantitative estimate of drug-likeness (QED) is 0.400. The first-order chi connectivity index (χ1) is 13.9. The van der Waals surface area contributed by atoms with Crippen LogP contribution in [0.4, 0.5) is 0 Å². The molecular formula is C23H30O6. The summed E-state index contributed by atoms with van der Waals surface area (Å²) < 4.78 is 0. The number of carboxylic acids is 2. The molecule has 5 aliphatic carbocycles. The Labute approximate surface area is 170 Å². The van der Waals surface area contributed by atoms with E-state index < -0.39 is 28.2 Å². The molecule has 29 heavy (non-hydrogen) atoms. The third-order valence-corrected chi connectivity index (χ3v) is 9.95. The standard InChI is InChI=1S/C23H30O6/c24-11-14-8-13-9-22(14,12-25)23(7-5-19(28)29)20(13)16-10-21(23,6-4-18(26)27)17-3-1-2-15(16)17/h4-7,13-17,20,24-25H,1-3,8-12H2,(H,26,27)(H,28,29). The second-order valence-corrected chi connectivity index (χ2v) is 10.2. The molecule has 5 aliphatic rings. The minimum absolute atomic E-state index is 0.0239. The zero-order valence-electron chi connectivity index (χ0n) is 16.5. The van der Waals surface area contributed by atoms with Crippen molar-refractivity contribution in [1.82, 2.24) is 0 Å². The Morgan fingerprint density at radius 3 is 2.34 bits per heavy atom. The smallest absolute Gasteiger partial charge is 0.327 e. The Morgan fingerprint density at radius 1 is 0.966 bits per heavy atom. The first-order valence-electron chi connectivity index (χ1n) is 10.9. The van der Waals surface area contributed by atoms with E-state index in [0.717, 1.165) is 38.5 Å². The number of aliphatic hydroxyl groups excluding tert-OH is 2. The van der Waals surface area contributed by atoms with E-state index in [4.69, 9.17) is 0 Å². The van der Waals surface area contributed by atoms with Gasteiger partial charge in [0, 0.05) is 41.6 Å². The fraction of sp³-hybridized carbons (Fsp3) is 0.739. The van der Waals surface area contributed by atoms with Gasteiger partial charge in [0.05, 0.1) is 0 Å². The average molecular weight is 402 g/mol. The minimum atomic E-state index is -1.02. The number of hydrogen-bond donors (Lipinski definition) is 4. The number of rotatable bonds is 6. The Bertz CT molecular complexity index is 803. The Hall–Kier alpha value is -1.66. The summed E-state index contributed by atoms with van der Waals surface area (Å²) in [4.78, 5) is 23.1. The minimum Gasteiger partial charge on any atom is -0.478 e. The molecular weight excluding hydrogens is 372 g/mol. The summed E-state index contributed by atoms with van der Waals surface area (Å²) in [6, 6.07) is 0. The van der Waals surface area contributed by atoms with Crippen molar-refractivity contribution in [3.63, 3.8) is 0 Å². The number of carboxylic acid groups (broad SMARTS) is 2. The van der Waals surface area contributed by atoms with Crippen LogP contribution in [-0.2, 0) is 9.59 Å². The van der Waals surface area contributed by atoms with Gasteiger partial charge in [-0.25, -0.2) is 9.59 Å². The normalized spacial score (nSPS) is 51.9. The highest BCUT2D eigenvalue weighted by atomic mass is 16.4. The molecule has 0 aromatic rings. The second kappa shape index (κ2) is 6.17. The number of carbonyl (C=O) groups is 2. The molecule has 158 valence electrons. The molecule has 0 aromatic carbocycles. The molecule has 0 spiro atoms. The fourth-order valence-corrected chi connectivity index (χ4v) is 9.71. The van der Waals surface area contributed by atoms with Crippen LogP contribution < -0.4 is 0 Å². The molecule has 5 fully saturated rings. The third kappa shape index (κ3) is 2.05. The molecule has 4 N–H and O–H groups in total. The molecule has 0 aromatic heterocycles. The monoisotopic (exact) mass is 402 g/mol. The molecule has 0 aliphatic heterocycles. The summed E-state index contributed by atoms with van der Waals surface area (Å²) in [6.45, 7) is -0.119. The van der Waals surface area contributed by atoms with Crippen LogP contribution >= 0.6 is 0 Å². The zero-order chi connectivity index (χ0) is 20.6. The first-order valence-corrected chi connectivity index (χ1v) is 10.9. The van der Waals surface area contributed by atoms with Gasteiger partial charge in [0.15, 0.2) is 0 Å². The van der Waals surface area contributed by atoms with E-state index in [-0.39, 0.29) is 25.0 Å². The summed E-state index contributed by atoms with van der Waals surface area (Å²) in [5.74, 6) is -0.155. The zero-order valence-corrected chi connectivity index (χ0v) is 16.5. The summed E-state index contributed by atoms with van der Waals surface area (Å²) in [5.41, 5.74) is -1.65. The van der Waals surface area contributed by atoms with Crippen LogP contribution in [0.2, 0.25) is 0 Å². The molecule has 6 nitrogen and oxygen atoms in total. The lowest BCUT2D eigenvalue weighted by atomic mass is 9.42. The van der Waals surface area contributed by atoms with Gasteiger partial charge in [-0.3, -0.25) is 0 Å². The fourth-order valence-electron chi connectivity index (χ4n) is 9.71. The molecule has 5 rings (SSSR count).